The lowest BCUT2D eigenvalue weighted by Gasteiger charge is -2.32. The minimum Gasteiger partial charge on any atom is -0.492 e. The zero-order valence-electron chi connectivity index (χ0n) is 28.0. The van der Waals surface area contributed by atoms with Crippen molar-refractivity contribution in [2.45, 2.75) is 43.6 Å². The first-order chi connectivity index (χ1) is 24.4. The maximum absolute atomic E-state index is 14.1. The fraction of sp³-hybridized carbons (Fsp3) is 0.424. The molecular weight excluding hydrogens is 666 g/mol. The Morgan fingerprint density at radius 2 is 1.65 bits per heavy atom. The van der Waals surface area contributed by atoms with Gasteiger partial charge in [-0.2, -0.15) is 10.5 Å². The molecule has 4 bridgehead atoms. The molecule has 1 aliphatic heterocycles. The van der Waals surface area contributed by atoms with Gasteiger partial charge in [0, 0.05) is 37.7 Å². The average molecular weight is 708 g/mol. The van der Waals surface area contributed by atoms with Crippen LogP contribution in [0.2, 0.25) is 0 Å². The lowest BCUT2D eigenvalue weighted by molar-refractivity contribution is -0.144. The summed E-state index contributed by atoms with van der Waals surface area (Å²) in [5.74, 6) is -3.86. The van der Waals surface area contributed by atoms with Crippen LogP contribution < -0.4 is 42.2 Å². The number of fused-ring (bicyclic) bond motifs is 5. The average Bonchev–Trinajstić information content (AvgIpc) is 3.13. The number of nitrogens with zero attached hydrogens (tertiary/aromatic N) is 3. The zero-order valence-corrected chi connectivity index (χ0v) is 28.0. The van der Waals surface area contributed by atoms with Gasteiger partial charge in [0.05, 0.1) is 12.7 Å². The standard InChI is InChI=1S/C33H41N9O9/c1-18-29(45)40-23(30(46)38-10-7-34)14-19-3-5-26(50-11-8-35)21(13-19)22-15-20(4-6-27(22)51-12-9-36)28(32(48)39-18)42(2)33(49)24(17-43)41-31(47)25(44)16-37/h3-6,13,15,18,23-25,28,43-44H,8-12,14,17,35-36H2,1-2H3,(H,38,46)(H,39,48)(H,40,45)(H,41,47)/t18-,23-,24-,25?,28-/m0/s1. The van der Waals surface area contributed by atoms with Crippen LogP contribution in [-0.2, 0) is 30.4 Å². The molecule has 0 spiro atoms. The van der Waals surface area contributed by atoms with Crippen molar-refractivity contribution in [2.75, 3.05) is 46.5 Å². The summed E-state index contributed by atoms with van der Waals surface area (Å²) < 4.78 is 11.9. The van der Waals surface area contributed by atoms with Crippen molar-refractivity contribution in [3.8, 4) is 34.8 Å². The van der Waals surface area contributed by atoms with Gasteiger partial charge < -0.3 is 57.3 Å². The number of amides is 5. The van der Waals surface area contributed by atoms with Crippen molar-refractivity contribution in [1.82, 2.24) is 26.2 Å². The van der Waals surface area contributed by atoms with Crippen LogP contribution in [0.3, 0.4) is 0 Å². The van der Waals surface area contributed by atoms with Crippen molar-refractivity contribution in [3.63, 3.8) is 0 Å². The predicted molar refractivity (Wildman–Crippen MR) is 179 cm³/mol. The molecule has 0 fully saturated rings. The van der Waals surface area contributed by atoms with E-state index in [-0.39, 0.29) is 44.8 Å². The highest BCUT2D eigenvalue weighted by molar-refractivity contribution is 5.97. The number of aliphatic hydroxyl groups is 2. The van der Waals surface area contributed by atoms with Crippen molar-refractivity contribution < 1.29 is 43.7 Å². The Morgan fingerprint density at radius 3 is 2.24 bits per heavy atom. The number of hydrogen-bond donors (Lipinski definition) is 8. The van der Waals surface area contributed by atoms with Crippen molar-refractivity contribution in [3.05, 3.63) is 47.5 Å². The van der Waals surface area contributed by atoms with Gasteiger partial charge in [0.25, 0.3) is 5.91 Å². The topological polar surface area (TPSA) is 295 Å². The number of likely N-dealkylation sites (N-methyl/N-ethyl adjacent to an activating group) is 1. The van der Waals surface area contributed by atoms with Gasteiger partial charge in [-0.05, 0) is 42.3 Å². The quantitative estimate of drug-likeness (QED) is 0.0765. The van der Waals surface area contributed by atoms with Gasteiger partial charge in [0.1, 0.15) is 61.5 Å². The molecule has 1 unspecified atom stereocenters. The molecule has 1 aliphatic rings. The number of hydrogen-bond acceptors (Lipinski definition) is 13. The summed E-state index contributed by atoms with van der Waals surface area (Å²) in [5.41, 5.74) is 13.0. The molecule has 18 heteroatoms. The van der Waals surface area contributed by atoms with E-state index in [2.05, 4.69) is 21.3 Å². The number of nitrogens with two attached hydrogens (primary N) is 2. The number of benzene rings is 2. The summed E-state index contributed by atoms with van der Waals surface area (Å²) in [5, 5.41) is 47.2. The molecule has 51 heavy (non-hydrogen) atoms. The van der Waals surface area contributed by atoms with E-state index in [1.807, 2.05) is 6.07 Å². The van der Waals surface area contributed by atoms with Gasteiger partial charge in [0.15, 0.2) is 0 Å². The molecular formula is C33H41N9O9. The van der Waals surface area contributed by atoms with Gasteiger partial charge in [0.2, 0.25) is 29.7 Å². The second-order valence-electron chi connectivity index (χ2n) is 11.4. The third-order valence-corrected chi connectivity index (χ3v) is 7.72. The smallest absolute Gasteiger partial charge is 0.264 e. The van der Waals surface area contributed by atoms with Crippen LogP contribution in [0.15, 0.2) is 36.4 Å². The Hall–Kier alpha value is -5.79. The van der Waals surface area contributed by atoms with Crippen LogP contribution >= 0.6 is 0 Å². The lowest BCUT2D eigenvalue weighted by Crippen LogP contribution is -2.56. The van der Waals surface area contributed by atoms with Gasteiger partial charge in [-0.3, -0.25) is 24.0 Å². The Kier molecular flexibility index (Phi) is 14.6. The molecule has 10 N–H and O–H groups in total. The second-order valence-corrected chi connectivity index (χ2v) is 11.4. The molecule has 2 aromatic rings. The fourth-order valence-electron chi connectivity index (χ4n) is 5.20. The van der Waals surface area contributed by atoms with Crippen molar-refractivity contribution in [1.29, 1.82) is 10.5 Å². The number of nitrogens with one attached hydrogen (secondary N) is 4. The summed E-state index contributed by atoms with van der Waals surface area (Å²) in [6.45, 7) is 0.633. The Labute approximate surface area is 293 Å². The molecule has 1 heterocycles. The van der Waals surface area contributed by atoms with Gasteiger partial charge in [-0.25, -0.2) is 0 Å². The van der Waals surface area contributed by atoms with Crippen LogP contribution in [0.1, 0.15) is 24.1 Å². The number of rotatable bonds is 13. The highest BCUT2D eigenvalue weighted by atomic mass is 16.5. The number of carbonyl (C=O) groups excluding carboxylic acids is 5. The monoisotopic (exact) mass is 707 g/mol. The summed E-state index contributed by atoms with van der Waals surface area (Å²) in [7, 11) is 1.22. The van der Waals surface area contributed by atoms with Crippen LogP contribution in [0.4, 0.5) is 0 Å². The molecule has 0 aromatic heterocycles. The number of ether oxygens (including phenoxy) is 2. The molecule has 0 saturated carbocycles. The van der Waals surface area contributed by atoms with Crippen molar-refractivity contribution >= 4 is 29.5 Å². The van der Waals surface area contributed by atoms with Crippen LogP contribution in [0.5, 0.6) is 11.5 Å². The summed E-state index contributed by atoms with van der Waals surface area (Å²) in [6.07, 6.45) is -2.16. The predicted octanol–water partition coefficient (Wildman–Crippen LogP) is -2.92. The third-order valence-electron chi connectivity index (χ3n) is 7.72. The van der Waals surface area contributed by atoms with E-state index in [9.17, 15) is 34.2 Å². The Morgan fingerprint density at radius 1 is 1.02 bits per heavy atom. The molecule has 5 amide bonds. The minimum absolute atomic E-state index is 0.0266. The Bertz CT molecular complexity index is 1690. The van der Waals surface area contributed by atoms with E-state index in [1.165, 1.54) is 26.1 Å². The van der Waals surface area contributed by atoms with Gasteiger partial charge in [-0.1, -0.05) is 12.1 Å². The highest BCUT2D eigenvalue weighted by Gasteiger charge is 2.36. The zero-order chi connectivity index (χ0) is 37.7. The number of nitriles is 2. The molecule has 0 aliphatic carbocycles. The first-order valence-electron chi connectivity index (χ1n) is 15.8. The van der Waals surface area contributed by atoms with Gasteiger partial charge in [-0.15, -0.1) is 0 Å². The van der Waals surface area contributed by atoms with E-state index < -0.39 is 66.4 Å². The van der Waals surface area contributed by atoms with E-state index in [0.29, 0.717) is 28.2 Å². The highest BCUT2D eigenvalue weighted by Crippen LogP contribution is 2.40. The van der Waals surface area contributed by atoms with Gasteiger partial charge >= 0.3 is 0 Å². The lowest BCUT2D eigenvalue weighted by atomic mass is 9.93. The first kappa shape index (κ1) is 39.6. The first-order valence-corrected chi connectivity index (χ1v) is 15.8. The maximum Gasteiger partial charge on any atom is 0.264 e. The fourth-order valence-corrected chi connectivity index (χ4v) is 5.20. The van der Waals surface area contributed by atoms with Crippen LogP contribution in [0.25, 0.3) is 11.1 Å². The number of carbonyl (C=O) groups is 5. The molecule has 2 aromatic carbocycles. The SMILES string of the molecule is C[C@@H]1NC(=O)[C@@H](N(C)C(=O)[C@H](CO)NC(=O)C(O)C#N)c2ccc(OCCN)c(c2)-c2cc(ccc2OCCN)C[C@@H](C(=O)NCC#N)NC1=O. The molecule has 3 rings (SSSR count). The van der Waals surface area contributed by atoms with E-state index >= 15 is 0 Å². The van der Waals surface area contributed by atoms with Crippen molar-refractivity contribution in [2.24, 2.45) is 11.5 Å². The minimum atomic E-state index is -2.13. The normalized spacial score (nSPS) is 18.2. The largest absolute Gasteiger partial charge is 0.492 e. The van der Waals surface area contributed by atoms with E-state index in [0.717, 1.165) is 4.90 Å². The molecule has 0 radical (unpaired) electrons. The van der Waals surface area contributed by atoms with Crippen LogP contribution in [0, 0.1) is 22.7 Å². The Balaban J connectivity index is 2.28. The molecule has 18 nitrogen and oxygen atoms in total. The number of aliphatic hydroxyl groups excluding tert-OH is 2. The van der Waals surface area contributed by atoms with E-state index in [4.69, 9.17) is 31.5 Å². The summed E-state index contributed by atoms with van der Waals surface area (Å²) in [6, 6.07) is 7.14. The van der Waals surface area contributed by atoms with E-state index in [1.54, 1.807) is 30.3 Å². The molecule has 0 saturated heterocycles. The van der Waals surface area contributed by atoms with Crippen LogP contribution in [-0.4, -0.2) is 115 Å². The molecule has 5 atom stereocenters. The maximum atomic E-state index is 14.1. The second kappa shape index (κ2) is 18.8. The molecule has 272 valence electrons. The summed E-state index contributed by atoms with van der Waals surface area (Å²) >= 11 is 0. The third kappa shape index (κ3) is 10.1. The summed E-state index contributed by atoms with van der Waals surface area (Å²) in [4.78, 5) is 67.4.